The second kappa shape index (κ2) is 5.93. The van der Waals surface area contributed by atoms with Crippen molar-refractivity contribution in [2.45, 2.75) is 20.3 Å². The first kappa shape index (κ1) is 13.7. The van der Waals surface area contributed by atoms with Gasteiger partial charge in [-0.1, -0.05) is 0 Å². The summed E-state index contributed by atoms with van der Waals surface area (Å²) in [5.74, 6) is -0.577. The molecule has 3 nitrogen and oxygen atoms in total. The molecule has 0 spiro atoms. The van der Waals surface area contributed by atoms with Crippen molar-refractivity contribution in [1.29, 1.82) is 0 Å². The summed E-state index contributed by atoms with van der Waals surface area (Å²) < 4.78 is 18.2. The van der Waals surface area contributed by atoms with E-state index in [0.717, 1.165) is 11.1 Å². The third-order valence-electron chi connectivity index (χ3n) is 2.47. The Labute approximate surface area is 115 Å². The third-order valence-corrected chi connectivity index (χ3v) is 3.41. The molecule has 2 rings (SSSR count). The second-order valence-corrected chi connectivity index (χ2v) is 5.00. The molecule has 0 N–H and O–H groups in total. The minimum absolute atomic E-state index is 0.151. The van der Waals surface area contributed by atoms with Crippen molar-refractivity contribution in [3.8, 4) is 10.6 Å². The van der Waals surface area contributed by atoms with Gasteiger partial charge in [-0.2, -0.15) is 0 Å². The zero-order valence-electron chi connectivity index (χ0n) is 10.8. The molecule has 0 bridgehead atoms. The van der Waals surface area contributed by atoms with E-state index < -0.39 is 0 Å². The van der Waals surface area contributed by atoms with E-state index in [1.807, 2.05) is 13.0 Å². The van der Waals surface area contributed by atoms with E-state index in [1.165, 1.54) is 23.5 Å². The number of thiazole rings is 1. The Hall–Kier alpha value is -1.75. The number of esters is 1. The molecule has 0 atom stereocenters. The van der Waals surface area contributed by atoms with Gasteiger partial charge in [0.25, 0.3) is 0 Å². The Kier molecular flexibility index (Phi) is 4.27. The van der Waals surface area contributed by atoms with E-state index in [0.29, 0.717) is 17.3 Å². The number of rotatable bonds is 4. The summed E-state index contributed by atoms with van der Waals surface area (Å²) in [5.41, 5.74) is 2.23. The van der Waals surface area contributed by atoms with E-state index in [-0.39, 0.29) is 18.2 Å². The van der Waals surface area contributed by atoms with Crippen LogP contribution < -0.4 is 0 Å². The van der Waals surface area contributed by atoms with E-state index in [1.54, 1.807) is 12.3 Å². The number of carbonyl (C=O) groups excluding carboxylic acids is 1. The highest BCUT2D eigenvalue weighted by atomic mass is 32.1. The first-order valence-corrected chi connectivity index (χ1v) is 6.84. The van der Waals surface area contributed by atoms with Crippen LogP contribution in [0.25, 0.3) is 10.6 Å². The first-order chi connectivity index (χ1) is 9.08. The topological polar surface area (TPSA) is 39.2 Å². The number of aryl methyl sites for hydroxylation is 1. The van der Waals surface area contributed by atoms with Crippen LogP contribution in [0.1, 0.15) is 18.2 Å². The SMILES string of the molecule is CCOC(=O)Cc1csc(-c2cc(C)cc(F)c2)n1. The van der Waals surface area contributed by atoms with Gasteiger partial charge in [0.05, 0.1) is 18.7 Å². The van der Waals surface area contributed by atoms with Crippen LogP contribution in [0, 0.1) is 12.7 Å². The smallest absolute Gasteiger partial charge is 0.311 e. The van der Waals surface area contributed by atoms with Crippen LogP contribution in [0.3, 0.4) is 0 Å². The van der Waals surface area contributed by atoms with Crippen molar-refractivity contribution in [3.05, 3.63) is 40.7 Å². The van der Waals surface area contributed by atoms with E-state index in [9.17, 15) is 9.18 Å². The lowest BCUT2D eigenvalue weighted by molar-refractivity contribution is -0.142. The van der Waals surface area contributed by atoms with E-state index >= 15 is 0 Å². The highest BCUT2D eigenvalue weighted by Crippen LogP contribution is 2.25. The van der Waals surface area contributed by atoms with Gasteiger partial charge >= 0.3 is 5.97 Å². The maximum Gasteiger partial charge on any atom is 0.311 e. The molecule has 0 saturated heterocycles. The molecular weight excluding hydrogens is 265 g/mol. The zero-order valence-corrected chi connectivity index (χ0v) is 11.6. The van der Waals surface area contributed by atoms with Gasteiger partial charge in [-0.05, 0) is 37.6 Å². The van der Waals surface area contributed by atoms with Gasteiger partial charge in [-0.15, -0.1) is 11.3 Å². The first-order valence-electron chi connectivity index (χ1n) is 5.96. The van der Waals surface area contributed by atoms with Crippen LogP contribution in [0.2, 0.25) is 0 Å². The number of nitrogens with zero attached hydrogens (tertiary/aromatic N) is 1. The maximum absolute atomic E-state index is 13.3. The minimum Gasteiger partial charge on any atom is -0.466 e. The second-order valence-electron chi connectivity index (χ2n) is 4.14. The Morgan fingerprint density at radius 1 is 1.42 bits per heavy atom. The van der Waals surface area contributed by atoms with Crippen LogP contribution in [0.4, 0.5) is 4.39 Å². The number of ether oxygens (including phenoxy) is 1. The molecule has 0 fully saturated rings. The minimum atomic E-state index is -0.297. The molecule has 1 aromatic heterocycles. The Balaban J connectivity index is 2.18. The molecule has 0 aliphatic heterocycles. The van der Waals surface area contributed by atoms with Crippen LogP contribution in [0.15, 0.2) is 23.6 Å². The molecule has 0 aliphatic rings. The van der Waals surface area contributed by atoms with Crippen molar-refractivity contribution in [2.24, 2.45) is 0 Å². The Morgan fingerprint density at radius 3 is 2.89 bits per heavy atom. The number of hydrogen-bond acceptors (Lipinski definition) is 4. The number of aromatic nitrogens is 1. The molecule has 19 heavy (non-hydrogen) atoms. The molecule has 0 aliphatic carbocycles. The standard InChI is InChI=1S/C14H14FNO2S/c1-3-18-13(17)7-12-8-19-14(16-12)10-4-9(2)5-11(15)6-10/h4-6,8H,3,7H2,1-2H3. The van der Waals surface area contributed by atoms with Gasteiger partial charge in [0.15, 0.2) is 0 Å². The molecule has 0 saturated carbocycles. The average Bonchev–Trinajstić information content (AvgIpc) is 2.76. The highest BCUT2D eigenvalue weighted by molar-refractivity contribution is 7.13. The van der Waals surface area contributed by atoms with Gasteiger partial charge in [-0.3, -0.25) is 4.79 Å². The van der Waals surface area contributed by atoms with E-state index in [2.05, 4.69) is 4.98 Å². The Bertz CT molecular complexity index is 575. The molecular formula is C14H14FNO2S. The fourth-order valence-electron chi connectivity index (χ4n) is 1.74. The molecule has 5 heteroatoms. The predicted octanol–water partition coefficient (Wildman–Crippen LogP) is 3.36. The lowest BCUT2D eigenvalue weighted by atomic mass is 10.1. The predicted molar refractivity (Wildman–Crippen MR) is 72.6 cm³/mol. The monoisotopic (exact) mass is 279 g/mol. The normalized spacial score (nSPS) is 10.5. The van der Waals surface area contributed by atoms with Crippen LogP contribution in [-0.2, 0) is 16.0 Å². The third kappa shape index (κ3) is 3.61. The maximum atomic E-state index is 13.3. The molecule has 0 unspecified atom stereocenters. The van der Waals surface area contributed by atoms with Crippen molar-refractivity contribution in [1.82, 2.24) is 4.98 Å². The summed E-state index contributed by atoms with van der Waals surface area (Å²) in [6.07, 6.45) is 0.151. The lowest BCUT2D eigenvalue weighted by Crippen LogP contribution is -2.07. The molecule has 0 amide bonds. The molecule has 0 radical (unpaired) electrons. The van der Waals surface area contributed by atoms with Crippen molar-refractivity contribution in [2.75, 3.05) is 6.61 Å². The summed E-state index contributed by atoms with van der Waals surface area (Å²) in [5, 5.41) is 2.51. The highest BCUT2D eigenvalue weighted by Gasteiger charge is 2.10. The molecule has 1 heterocycles. The number of hydrogen-bond donors (Lipinski definition) is 0. The van der Waals surface area contributed by atoms with Gasteiger partial charge in [0, 0.05) is 10.9 Å². The number of halogens is 1. The van der Waals surface area contributed by atoms with Crippen molar-refractivity contribution >= 4 is 17.3 Å². The summed E-state index contributed by atoms with van der Waals surface area (Å²) in [6.45, 7) is 3.96. The number of carbonyl (C=O) groups is 1. The number of benzene rings is 1. The van der Waals surface area contributed by atoms with E-state index in [4.69, 9.17) is 4.74 Å². The summed E-state index contributed by atoms with van der Waals surface area (Å²) in [6, 6.07) is 4.78. The van der Waals surface area contributed by atoms with Crippen LogP contribution in [0.5, 0.6) is 0 Å². The van der Waals surface area contributed by atoms with Crippen molar-refractivity contribution in [3.63, 3.8) is 0 Å². The molecule has 2 aromatic rings. The van der Waals surface area contributed by atoms with Crippen molar-refractivity contribution < 1.29 is 13.9 Å². The zero-order chi connectivity index (χ0) is 13.8. The summed E-state index contributed by atoms with van der Waals surface area (Å²) >= 11 is 1.39. The fraction of sp³-hybridized carbons (Fsp3) is 0.286. The summed E-state index contributed by atoms with van der Waals surface area (Å²) in [7, 11) is 0. The van der Waals surface area contributed by atoms with Gasteiger partial charge in [0.1, 0.15) is 10.8 Å². The average molecular weight is 279 g/mol. The molecule has 1 aromatic carbocycles. The van der Waals surface area contributed by atoms with Gasteiger partial charge in [-0.25, -0.2) is 9.37 Å². The van der Waals surface area contributed by atoms with Crippen LogP contribution >= 0.6 is 11.3 Å². The Morgan fingerprint density at radius 2 is 2.21 bits per heavy atom. The van der Waals surface area contributed by atoms with Gasteiger partial charge in [0.2, 0.25) is 0 Å². The molecule has 100 valence electrons. The summed E-state index contributed by atoms with van der Waals surface area (Å²) in [4.78, 5) is 15.7. The largest absolute Gasteiger partial charge is 0.466 e. The van der Waals surface area contributed by atoms with Crippen LogP contribution in [-0.4, -0.2) is 17.6 Å². The quantitative estimate of drug-likeness (QED) is 0.806. The van der Waals surface area contributed by atoms with Gasteiger partial charge < -0.3 is 4.74 Å². The lowest BCUT2D eigenvalue weighted by Gasteiger charge is -2.00. The fourth-order valence-corrected chi connectivity index (χ4v) is 2.55.